The molecule has 2 heterocycles. The normalized spacial score (nSPS) is 19.9. The Labute approximate surface area is 203 Å². The molecule has 192 valence electrons. The minimum absolute atomic E-state index is 0.00539. The Hall–Kier alpha value is -2.37. The summed E-state index contributed by atoms with van der Waals surface area (Å²) < 4.78 is 77.5. The van der Waals surface area contributed by atoms with Gasteiger partial charge in [-0.05, 0) is 55.4 Å². The molecule has 11 heteroatoms. The van der Waals surface area contributed by atoms with Gasteiger partial charge in [0, 0.05) is 43.6 Å². The predicted octanol–water partition coefficient (Wildman–Crippen LogP) is 4.86. The number of halogens is 3. The van der Waals surface area contributed by atoms with Gasteiger partial charge in [-0.1, -0.05) is 26.0 Å². The summed E-state index contributed by atoms with van der Waals surface area (Å²) in [5, 5.41) is 5.31. The quantitative estimate of drug-likeness (QED) is 0.504. The highest BCUT2D eigenvalue weighted by Crippen LogP contribution is 2.30. The molecule has 0 spiro atoms. The molecular formula is C24H30F3N3O4S. The molecule has 1 aliphatic heterocycles. The van der Waals surface area contributed by atoms with Crippen molar-refractivity contribution in [1.82, 2.24) is 14.1 Å². The Bertz CT molecular complexity index is 1200. The van der Waals surface area contributed by atoms with Gasteiger partial charge >= 0.3 is 6.36 Å². The molecule has 0 N–H and O–H groups in total. The molecule has 1 unspecified atom stereocenters. The molecule has 1 atom stereocenters. The van der Waals surface area contributed by atoms with E-state index in [1.165, 1.54) is 28.6 Å². The van der Waals surface area contributed by atoms with E-state index in [9.17, 15) is 21.6 Å². The first-order valence-corrected chi connectivity index (χ1v) is 13.2. The molecule has 35 heavy (non-hydrogen) atoms. The van der Waals surface area contributed by atoms with Gasteiger partial charge in [0.2, 0.25) is 0 Å². The van der Waals surface area contributed by atoms with E-state index < -0.39 is 22.5 Å². The second-order valence-electron chi connectivity index (χ2n) is 9.38. The number of rotatable bonds is 8. The zero-order chi connectivity index (χ0) is 25.2. The highest BCUT2D eigenvalue weighted by Gasteiger charge is 2.34. The van der Waals surface area contributed by atoms with E-state index in [0.717, 1.165) is 38.0 Å². The topological polar surface area (TPSA) is 73.7 Å². The minimum atomic E-state index is -4.76. The Balaban J connectivity index is 1.57. The van der Waals surface area contributed by atoms with Gasteiger partial charge in [-0.25, -0.2) is 8.42 Å². The second-order valence-corrected chi connectivity index (χ2v) is 11.2. The summed E-state index contributed by atoms with van der Waals surface area (Å²) in [6, 6.07) is 4.82. The summed E-state index contributed by atoms with van der Waals surface area (Å²) in [6.07, 6.45) is 1.88. The zero-order valence-corrected chi connectivity index (χ0v) is 20.6. The van der Waals surface area contributed by atoms with Gasteiger partial charge in [0.05, 0.1) is 16.5 Å². The van der Waals surface area contributed by atoms with E-state index in [0.29, 0.717) is 17.1 Å². The first-order valence-electron chi connectivity index (χ1n) is 11.7. The standard InChI is InChI=1S/C24H30F3N3O4S/c1-17(2)14-30(20-3-5-21(6-4-20)34-24(25,26)27)35(31,32)22-7-8-23-19(13-22)16-29(28-23)15-18-9-11-33-12-10-18/h3-5,7-8,13,16-18,21H,6,9-12,14-15H2,1-2H3. The van der Waals surface area contributed by atoms with E-state index in [-0.39, 0.29) is 23.8 Å². The Morgan fingerprint density at radius 2 is 2.00 bits per heavy atom. The van der Waals surface area contributed by atoms with Gasteiger partial charge < -0.3 is 4.74 Å². The number of allylic oxidation sites excluding steroid dienone is 1. The number of hydrogen-bond donors (Lipinski definition) is 0. The van der Waals surface area contributed by atoms with Crippen molar-refractivity contribution in [3.05, 3.63) is 48.3 Å². The lowest BCUT2D eigenvalue weighted by molar-refractivity contribution is -0.336. The summed E-state index contributed by atoms with van der Waals surface area (Å²) in [5.74, 6) is 0.465. The average Bonchev–Trinajstić information content (AvgIpc) is 3.19. The molecule has 1 aromatic carbocycles. The highest BCUT2D eigenvalue weighted by atomic mass is 32.2. The van der Waals surface area contributed by atoms with Gasteiger partial charge in [-0.15, -0.1) is 13.2 Å². The lowest BCUT2D eigenvalue weighted by Crippen LogP contribution is -2.34. The molecule has 1 aliphatic carbocycles. The second kappa shape index (κ2) is 10.3. The summed E-state index contributed by atoms with van der Waals surface area (Å²) in [4.78, 5) is 0.110. The number of fused-ring (bicyclic) bond motifs is 1. The maximum absolute atomic E-state index is 13.6. The number of hydrogen-bond acceptors (Lipinski definition) is 5. The number of alkyl halides is 3. The van der Waals surface area contributed by atoms with Crippen LogP contribution in [-0.2, 0) is 26.0 Å². The van der Waals surface area contributed by atoms with Crippen LogP contribution in [0.15, 0.2) is 53.2 Å². The smallest absolute Gasteiger partial charge is 0.381 e. The van der Waals surface area contributed by atoms with Gasteiger partial charge in [0.1, 0.15) is 0 Å². The van der Waals surface area contributed by atoms with Crippen LogP contribution >= 0.6 is 0 Å². The highest BCUT2D eigenvalue weighted by molar-refractivity contribution is 7.89. The van der Waals surface area contributed by atoms with Gasteiger partial charge in [-0.2, -0.15) is 5.10 Å². The number of nitrogens with zero attached hydrogens (tertiary/aromatic N) is 3. The van der Waals surface area contributed by atoms with Crippen LogP contribution in [0.3, 0.4) is 0 Å². The fourth-order valence-corrected chi connectivity index (χ4v) is 6.01. The molecular weight excluding hydrogens is 483 g/mol. The van der Waals surface area contributed by atoms with E-state index in [1.54, 1.807) is 12.1 Å². The first kappa shape index (κ1) is 25.7. The van der Waals surface area contributed by atoms with Gasteiger partial charge in [-0.3, -0.25) is 13.7 Å². The zero-order valence-electron chi connectivity index (χ0n) is 19.7. The first-order chi connectivity index (χ1) is 16.5. The third-order valence-electron chi connectivity index (χ3n) is 6.04. The monoisotopic (exact) mass is 513 g/mol. The largest absolute Gasteiger partial charge is 0.523 e. The fraction of sp³-hybridized carbons (Fsp3) is 0.542. The summed E-state index contributed by atoms with van der Waals surface area (Å²) in [6.45, 7) is 6.19. The van der Waals surface area contributed by atoms with Crippen LogP contribution in [0.5, 0.6) is 0 Å². The molecule has 2 aromatic rings. The summed E-state index contributed by atoms with van der Waals surface area (Å²) >= 11 is 0. The number of ether oxygens (including phenoxy) is 2. The van der Waals surface area contributed by atoms with Crippen LogP contribution in [-0.4, -0.2) is 54.7 Å². The van der Waals surface area contributed by atoms with Crippen molar-refractivity contribution in [2.24, 2.45) is 11.8 Å². The Morgan fingerprint density at radius 3 is 2.63 bits per heavy atom. The van der Waals surface area contributed by atoms with Crippen LogP contribution in [0.1, 0.15) is 33.1 Å². The predicted molar refractivity (Wildman–Crippen MR) is 125 cm³/mol. The van der Waals surface area contributed by atoms with Crippen molar-refractivity contribution in [3.8, 4) is 0 Å². The molecule has 0 saturated carbocycles. The number of benzene rings is 1. The van der Waals surface area contributed by atoms with Crippen molar-refractivity contribution >= 4 is 20.9 Å². The molecule has 1 fully saturated rings. The number of sulfonamides is 1. The maximum atomic E-state index is 13.6. The average molecular weight is 514 g/mol. The molecule has 4 rings (SSSR count). The molecule has 0 bridgehead atoms. The summed E-state index contributed by atoms with van der Waals surface area (Å²) in [5.41, 5.74) is 1.03. The molecule has 0 radical (unpaired) electrons. The lowest BCUT2D eigenvalue weighted by Gasteiger charge is -2.29. The third kappa shape index (κ3) is 6.45. The van der Waals surface area contributed by atoms with E-state index >= 15 is 0 Å². The summed E-state index contributed by atoms with van der Waals surface area (Å²) in [7, 11) is -3.96. The van der Waals surface area contributed by atoms with Crippen LogP contribution in [0.25, 0.3) is 10.9 Å². The van der Waals surface area contributed by atoms with Gasteiger partial charge in [0.25, 0.3) is 10.0 Å². The van der Waals surface area contributed by atoms with Crippen molar-refractivity contribution in [2.45, 2.75) is 57.0 Å². The van der Waals surface area contributed by atoms with E-state index in [1.807, 2.05) is 24.7 Å². The van der Waals surface area contributed by atoms with Crippen LogP contribution in [0.2, 0.25) is 0 Å². The minimum Gasteiger partial charge on any atom is -0.381 e. The molecule has 0 amide bonds. The third-order valence-corrected chi connectivity index (χ3v) is 7.83. The van der Waals surface area contributed by atoms with Crippen LogP contribution < -0.4 is 0 Å². The molecule has 1 aromatic heterocycles. The molecule has 2 aliphatic rings. The molecule has 1 saturated heterocycles. The fourth-order valence-electron chi connectivity index (χ4n) is 4.34. The van der Waals surface area contributed by atoms with Crippen molar-refractivity contribution in [3.63, 3.8) is 0 Å². The lowest BCUT2D eigenvalue weighted by atomic mass is 10.0. The maximum Gasteiger partial charge on any atom is 0.523 e. The Morgan fingerprint density at radius 1 is 1.26 bits per heavy atom. The molecule has 7 nitrogen and oxygen atoms in total. The van der Waals surface area contributed by atoms with Crippen LogP contribution in [0, 0.1) is 11.8 Å². The van der Waals surface area contributed by atoms with Crippen molar-refractivity contribution < 1.29 is 31.1 Å². The Kier molecular flexibility index (Phi) is 7.58. The van der Waals surface area contributed by atoms with Crippen molar-refractivity contribution in [2.75, 3.05) is 19.8 Å². The van der Waals surface area contributed by atoms with E-state index in [2.05, 4.69) is 9.84 Å². The van der Waals surface area contributed by atoms with Crippen molar-refractivity contribution in [1.29, 1.82) is 0 Å². The van der Waals surface area contributed by atoms with Gasteiger partial charge in [0.15, 0.2) is 0 Å². The number of aromatic nitrogens is 2. The SMILES string of the molecule is CC(C)CN(C1=CCC(OC(F)(F)F)C=C1)S(=O)(=O)c1ccc2nn(CC3CCOCC3)cc2c1. The van der Waals surface area contributed by atoms with E-state index in [4.69, 9.17) is 4.74 Å². The van der Waals surface area contributed by atoms with Crippen LogP contribution in [0.4, 0.5) is 13.2 Å².